The zero-order valence-electron chi connectivity index (χ0n) is 8.06. The topological polar surface area (TPSA) is 53.7 Å². The highest BCUT2D eigenvalue weighted by Gasteiger charge is 2.22. The van der Waals surface area contributed by atoms with Crippen LogP contribution in [0.4, 0.5) is 5.88 Å². The summed E-state index contributed by atoms with van der Waals surface area (Å²) in [5.41, 5.74) is 0. The maximum Gasteiger partial charge on any atom is 0.196 e. The van der Waals surface area contributed by atoms with E-state index in [9.17, 15) is 9.90 Å². The molecule has 0 radical (unpaired) electrons. The van der Waals surface area contributed by atoms with E-state index in [0.717, 1.165) is 13.0 Å². The summed E-state index contributed by atoms with van der Waals surface area (Å²) in [6.45, 7) is 2.85. The molecule has 1 aliphatic rings. The van der Waals surface area contributed by atoms with Gasteiger partial charge >= 0.3 is 0 Å². The molecule has 4 nitrogen and oxygen atoms in total. The first-order chi connectivity index (χ1) is 6.66. The first-order valence-electron chi connectivity index (χ1n) is 4.70. The van der Waals surface area contributed by atoms with E-state index in [-0.39, 0.29) is 11.9 Å². The molecule has 76 valence electrons. The van der Waals surface area contributed by atoms with Gasteiger partial charge in [0, 0.05) is 26.1 Å². The Kier molecular flexibility index (Phi) is 2.29. The number of aliphatic hydroxyl groups is 1. The van der Waals surface area contributed by atoms with Crippen LogP contribution in [0.15, 0.2) is 16.5 Å². The van der Waals surface area contributed by atoms with E-state index in [0.29, 0.717) is 18.2 Å². The summed E-state index contributed by atoms with van der Waals surface area (Å²) in [7, 11) is 0. The molecule has 14 heavy (non-hydrogen) atoms. The Morgan fingerprint density at radius 2 is 2.43 bits per heavy atom. The molecule has 1 unspecified atom stereocenters. The SMILES string of the molecule is CC(=O)c1ccc(N2CCC(O)C2)o1. The summed E-state index contributed by atoms with van der Waals surface area (Å²) in [6.07, 6.45) is 0.483. The third-order valence-corrected chi connectivity index (χ3v) is 2.41. The number of rotatable bonds is 2. The Morgan fingerprint density at radius 3 is 2.93 bits per heavy atom. The standard InChI is InChI=1S/C10H13NO3/c1-7(12)9-2-3-10(14-9)11-5-4-8(13)6-11/h2-3,8,13H,4-6H2,1H3. The number of furan rings is 1. The van der Waals surface area contributed by atoms with Crippen molar-refractivity contribution in [1.82, 2.24) is 0 Å². The molecule has 1 aliphatic heterocycles. The fraction of sp³-hybridized carbons (Fsp3) is 0.500. The van der Waals surface area contributed by atoms with Gasteiger partial charge < -0.3 is 14.4 Å². The number of anilines is 1. The summed E-state index contributed by atoms with van der Waals surface area (Å²) < 4.78 is 5.34. The van der Waals surface area contributed by atoms with Crippen molar-refractivity contribution in [3.8, 4) is 0 Å². The van der Waals surface area contributed by atoms with Gasteiger partial charge in [-0.2, -0.15) is 0 Å². The van der Waals surface area contributed by atoms with E-state index in [1.54, 1.807) is 12.1 Å². The van der Waals surface area contributed by atoms with E-state index in [4.69, 9.17) is 4.42 Å². The zero-order valence-corrected chi connectivity index (χ0v) is 8.06. The van der Waals surface area contributed by atoms with Gasteiger partial charge in [0.05, 0.1) is 6.10 Å². The van der Waals surface area contributed by atoms with Gasteiger partial charge in [0.25, 0.3) is 0 Å². The van der Waals surface area contributed by atoms with Crippen molar-refractivity contribution >= 4 is 11.7 Å². The van der Waals surface area contributed by atoms with Crippen LogP contribution in [0.2, 0.25) is 0 Å². The molecule has 0 aromatic carbocycles. The normalized spacial score (nSPS) is 21.6. The molecule has 1 N–H and O–H groups in total. The number of Topliss-reactive ketones (excluding diaryl/α,β-unsaturated/α-hetero) is 1. The van der Waals surface area contributed by atoms with Gasteiger partial charge in [0.1, 0.15) is 0 Å². The van der Waals surface area contributed by atoms with E-state index in [1.165, 1.54) is 6.92 Å². The predicted molar refractivity (Wildman–Crippen MR) is 51.5 cm³/mol. The van der Waals surface area contributed by atoms with Crippen molar-refractivity contribution in [3.05, 3.63) is 17.9 Å². The maximum absolute atomic E-state index is 11.0. The molecule has 0 amide bonds. The molecule has 1 atom stereocenters. The van der Waals surface area contributed by atoms with Gasteiger partial charge in [-0.3, -0.25) is 4.79 Å². The van der Waals surface area contributed by atoms with Crippen LogP contribution in [-0.4, -0.2) is 30.1 Å². The predicted octanol–water partition coefficient (Wildman–Crippen LogP) is 1.05. The molecule has 2 heterocycles. The number of ketones is 1. The van der Waals surface area contributed by atoms with E-state index >= 15 is 0 Å². The molecule has 2 rings (SSSR count). The Labute approximate surface area is 82.1 Å². The second-order valence-electron chi connectivity index (χ2n) is 3.58. The largest absolute Gasteiger partial charge is 0.437 e. The highest BCUT2D eigenvalue weighted by atomic mass is 16.4. The van der Waals surface area contributed by atoms with Crippen molar-refractivity contribution in [3.63, 3.8) is 0 Å². The molecular formula is C10H13NO3. The van der Waals surface area contributed by atoms with Gasteiger partial charge in [-0.25, -0.2) is 0 Å². The minimum atomic E-state index is -0.277. The number of carbonyl (C=O) groups is 1. The minimum Gasteiger partial charge on any atom is -0.437 e. The van der Waals surface area contributed by atoms with Gasteiger partial charge in [-0.1, -0.05) is 0 Å². The zero-order chi connectivity index (χ0) is 10.1. The molecule has 0 spiro atoms. The highest BCUT2D eigenvalue weighted by Crippen LogP contribution is 2.23. The summed E-state index contributed by atoms with van der Waals surface area (Å²) in [5, 5.41) is 9.33. The van der Waals surface area contributed by atoms with Crippen LogP contribution < -0.4 is 4.90 Å². The number of β-amino-alcohol motifs (C(OH)–C–C–N with tert-alkyl or cyclic N) is 1. The maximum atomic E-state index is 11.0. The molecule has 1 fully saturated rings. The van der Waals surface area contributed by atoms with E-state index in [1.807, 2.05) is 4.90 Å². The van der Waals surface area contributed by atoms with Crippen molar-refractivity contribution in [1.29, 1.82) is 0 Å². The Bertz CT molecular complexity index is 345. The third kappa shape index (κ3) is 1.65. The molecule has 1 aromatic heterocycles. The van der Waals surface area contributed by atoms with E-state index < -0.39 is 0 Å². The lowest BCUT2D eigenvalue weighted by Gasteiger charge is -2.12. The van der Waals surface area contributed by atoms with Crippen LogP contribution in [-0.2, 0) is 0 Å². The second kappa shape index (κ2) is 3.46. The molecule has 4 heteroatoms. The fourth-order valence-corrected chi connectivity index (χ4v) is 1.63. The quantitative estimate of drug-likeness (QED) is 0.717. The van der Waals surface area contributed by atoms with Gasteiger partial charge in [0.2, 0.25) is 0 Å². The van der Waals surface area contributed by atoms with E-state index in [2.05, 4.69) is 0 Å². The van der Waals surface area contributed by atoms with Crippen molar-refractivity contribution in [2.75, 3.05) is 18.0 Å². The number of hydrogen-bond donors (Lipinski definition) is 1. The molecule has 0 saturated carbocycles. The number of carbonyl (C=O) groups excluding carboxylic acids is 1. The lowest BCUT2D eigenvalue weighted by molar-refractivity contribution is 0.0988. The van der Waals surface area contributed by atoms with Gasteiger partial charge in [0.15, 0.2) is 17.4 Å². The molecule has 1 aromatic rings. The van der Waals surface area contributed by atoms with Gasteiger partial charge in [-0.05, 0) is 12.5 Å². The van der Waals surface area contributed by atoms with Gasteiger partial charge in [-0.15, -0.1) is 0 Å². The summed E-state index contributed by atoms with van der Waals surface area (Å²) in [4.78, 5) is 12.9. The monoisotopic (exact) mass is 195 g/mol. The summed E-state index contributed by atoms with van der Waals surface area (Å²) in [6, 6.07) is 3.44. The second-order valence-corrected chi connectivity index (χ2v) is 3.58. The average Bonchev–Trinajstić information content (AvgIpc) is 2.70. The lowest BCUT2D eigenvalue weighted by atomic mass is 10.3. The van der Waals surface area contributed by atoms with Crippen molar-refractivity contribution in [2.24, 2.45) is 0 Å². The van der Waals surface area contributed by atoms with Crippen LogP contribution in [0.3, 0.4) is 0 Å². The molecule has 0 aliphatic carbocycles. The van der Waals surface area contributed by atoms with Crippen LogP contribution in [0.5, 0.6) is 0 Å². The number of aliphatic hydroxyl groups excluding tert-OH is 1. The Balaban J connectivity index is 2.13. The van der Waals surface area contributed by atoms with Crippen molar-refractivity contribution < 1.29 is 14.3 Å². The summed E-state index contributed by atoms with van der Waals surface area (Å²) >= 11 is 0. The molecule has 1 saturated heterocycles. The number of nitrogens with zero attached hydrogens (tertiary/aromatic N) is 1. The summed E-state index contributed by atoms with van der Waals surface area (Å²) in [5.74, 6) is 0.976. The third-order valence-electron chi connectivity index (χ3n) is 2.41. The Hall–Kier alpha value is -1.29. The van der Waals surface area contributed by atoms with Crippen LogP contribution in [0.25, 0.3) is 0 Å². The first-order valence-corrected chi connectivity index (χ1v) is 4.70. The minimum absolute atomic E-state index is 0.0732. The smallest absolute Gasteiger partial charge is 0.196 e. The highest BCUT2D eigenvalue weighted by molar-refractivity contribution is 5.91. The number of hydrogen-bond acceptors (Lipinski definition) is 4. The van der Waals surface area contributed by atoms with Crippen molar-refractivity contribution in [2.45, 2.75) is 19.4 Å². The van der Waals surface area contributed by atoms with Crippen LogP contribution in [0, 0.1) is 0 Å². The fourth-order valence-electron chi connectivity index (χ4n) is 1.63. The Morgan fingerprint density at radius 1 is 1.64 bits per heavy atom. The average molecular weight is 195 g/mol. The first kappa shape index (κ1) is 9.27. The molecule has 0 bridgehead atoms. The lowest BCUT2D eigenvalue weighted by Crippen LogP contribution is -2.20. The molecular weight excluding hydrogens is 182 g/mol. The van der Waals surface area contributed by atoms with Crippen LogP contribution >= 0.6 is 0 Å². The van der Waals surface area contributed by atoms with Crippen LogP contribution in [0.1, 0.15) is 23.9 Å².